The Balaban J connectivity index is 3.02. The highest BCUT2D eigenvalue weighted by Crippen LogP contribution is 2.19. The van der Waals surface area contributed by atoms with Gasteiger partial charge in [-0.2, -0.15) is 5.26 Å². The van der Waals surface area contributed by atoms with Crippen molar-refractivity contribution < 1.29 is 8.78 Å². The molecule has 2 N–H and O–H groups in total. The molecule has 68 valence electrons. The summed E-state index contributed by atoms with van der Waals surface area (Å²) in [5.74, 6) is -1.91. The summed E-state index contributed by atoms with van der Waals surface area (Å²) in [6.45, 7) is 0. The molecule has 1 atom stereocenters. The predicted octanol–water partition coefficient (Wildman–Crippen LogP) is 1.88. The summed E-state index contributed by atoms with van der Waals surface area (Å²) in [5.41, 5.74) is 5.49. The number of benzene rings is 1. The lowest BCUT2D eigenvalue weighted by atomic mass is 10.0. The number of halogens is 2. The molecule has 1 aromatic rings. The Hall–Kier alpha value is -1.47. The van der Waals surface area contributed by atoms with Crippen LogP contribution in [0.2, 0.25) is 0 Å². The highest BCUT2D eigenvalue weighted by molar-refractivity contribution is 5.22. The van der Waals surface area contributed by atoms with Gasteiger partial charge in [0.2, 0.25) is 0 Å². The quantitative estimate of drug-likeness (QED) is 0.759. The Morgan fingerprint density at radius 1 is 1.46 bits per heavy atom. The summed E-state index contributed by atoms with van der Waals surface area (Å²) in [7, 11) is 0. The topological polar surface area (TPSA) is 49.8 Å². The number of nitrogens with zero attached hydrogens (tertiary/aromatic N) is 1. The normalized spacial score (nSPS) is 12.2. The van der Waals surface area contributed by atoms with E-state index in [9.17, 15) is 8.78 Å². The first-order valence-corrected chi connectivity index (χ1v) is 3.73. The molecule has 0 bridgehead atoms. The van der Waals surface area contributed by atoms with Gasteiger partial charge in [0, 0.05) is 11.6 Å². The van der Waals surface area contributed by atoms with Crippen molar-refractivity contribution in [3.63, 3.8) is 0 Å². The second kappa shape index (κ2) is 3.97. The van der Waals surface area contributed by atoms with E-state index >= 15 is 0 Å². The van der Waals surface area contributed by atoms with E-state index in [0.717, 1.165) is 6.07 Å². The zero-order valence-electron chi connectivity index (χ0n) is 6.80. The predicted molar refractivity (Wildman–Crippen MR) is 43.5 cm³/mol. The van der Waals surface area contributed by atoms with Crippen molar-refractivity contribution in [1.82, 2.24) is 0 Å². The molecule has 2 nitrogen and oxygen atoms in total. The molecule has 0 spiro atoms. The van der Waals surface area contributed by atoms with Crippen molar-refractivity contribution in [2.75, 3.05) is 0 Å². The third-order valence-corrected chi connectivity index (χ3v) is 1.69. The summed E-state index contributed by atoms with van der Waals surface area (Å²) in [6.07, 6.45) is -0.0274. The molecule has 0 aliphatic rings. The van der Waals surface area contributed by atoms with Crippen LogP contribution in [0.1, 0.15) is 18.0 Å². The van der Waals surface area contributed by atoms with Crippen LogP contribution in [0.3, 0.4) is 0 Å². The van der Waals surface area contributed by atoms with Gasteiger partial charge in [-0.05, 0) is 6.07 Å². The van der Waals surface area contributed by atoms with Gasteiger partial charge < -0.3 is 5.73 Å². The highest BCUT2D eigenvalue weighted by Gasteiger charge is 2.13. The van der Waals surface area contributed by atoms with Gasteiger partial charge in [-0.1, -0.05) is 12.1 Å². The van der Waals surface area contributed by atoms with E-state index in [1.807, 2.05) is 0 Å². The summed E-state index contributed by atoms with van der Waals surface area (Å²) >= 11 is 0. The van der Waals surface area contributed by atoms with E-state index in [2.05, 4.69) is 0 Å². The van der Waals surface area contributed by atoms with E-state index in [1.54, 1.807) is 6.07 Å². The van der Waals surface area contributed by atoms with Crippen molar-refractivity contribution in [2.24, 2.45) is 5.73 Å². The molecule has 13 heavy (non-hydrogen) atoms. The van der Waals surface area contributed by atoms with Gasteiger partial charge >= 0.3 is 0 Å². The molecule has 0 aliphatic carbocycles. The second-order valence-corrected chi connectivity index (χ2v) is 2.61. The molecule has 0 saturated heterocycles. The fraction of sp³-hybridized carbons (Fsp3) is 0.222. The molecular weight excluding hydrogens is 174 g/mol. The van der Waals surface area contributed by atoms with E-state index in [-0.39, 0.29) is 12.0 Å². The first-order chi connectivity index (χ1) is 6.16. The fourth-order valence-electron chi connectivity index (χ4n) is 1.02. The molecule has 0 aliphatic heterocycles. The summed E-state index contributed by atoms with van der Waals surface area (Å²) < 4.78 is 25.7. The summed E-state index contributed by atoms with van der Waals surface area (Å²) in [4.78, 5) is 0. The maximum absolute atomic E-state index is 13.0. The van der Waals surface area contributed by atoms with Gasteiger partial charge in [0.05, 0.1) is 12.5 Å². The largest absolute Gasteiger partial charge is 0.323 e. The molecular formula is C9H8F2N2. The Labute approximate surface area is 74.6 Å². The minimum Gasteiger partial charge on any atom is -0.323 e. The highest BCUT2D eigenvalue weighted by atomic mass is 19.2. The number of nitrogens with two attached hydrogens (primary N) is 1. The first-order valence-electron chi connectivity index (χ1n) is 3.73. The van der Waals surface area contributed by atoms with Gasteiger partial charge in [0.15, 0.2) is 11.6 Å². The van der Waals surface area contributed by atoms with E-state index in [0.29, 0.717) is 0 Å². The molecule has 0 aromatic heterocycles. The number of hydrogen-bond acceptors (Lipinski definition) is 2. The molecule has 0 amide bonds. The molecule has 0 heterocycles. The average molecular weight is 182 g/mol. The molecule has 1 rings (SSSR count). The Morgan fingerprint density at radius 3 is 2.77 bits per heavy atom. The van der Waals surface area contributed by atoms with Crippen LogP contribution in [0.5, 0.6) is 0 Å². The minimum atomic E-state index is -0.967. The van der Waals surface area contributed by atoms with Crippen molar-refractivity contribution in [3.05, 3.63) is 35.4 Å². The van der Waals surface area contributed by atoms with Crippen LogP contribution in [-0.4, -0.2) is 0 Å². The Morgan fingerprint density at radius 2 is 2.15 bits per heavy atom. The molecule has 0 unspecified atom stereocenters. The SMILES string of the molecule is N#CC[C@H](N)c1cccc(F)c1F. The lowest BCUT2D eigenvalue weighted by molar-refractivity contribution is 0.489. The van der Waals surface area contributed by atoms with Crippen LogP contribution in [0.4, 0.5) is 8.78 Å². The van der Waals surface area contributed by atoms with Crippen molar-refractivity contribution >= 4 is 0 Å². The van der Waals surface area contributed by atoms with Crippen LogP contribution < -0.4 is 5.73 Å². The number of nitriles is 1. The summed E-state index contributed by atoms with van der Waals surface area (Å²) in [5, 5.41) is 8.31. The number of rotatable bonds is 2. The third kappa shape index (κ3) is 2.01. The smallest absolute Gasteiger partial charge is 0.163 e. The first kappa shape index (κ1) is 9.62. The van der Waals surface area contributed by atoms with Gasteiger partial charge in [0.1, 0.15) is 0 Å². The van der Waals surface area contributed by atoms with Gasteiger partial charge in [-0.25, -0.2) is 8.78 Å². The molecule has 0 saturated carbocycles. The lowest BCUT2D eigenvalue weighted by Gasteiger charge is -2.08. The van der Waals surface area contributed by atoms with Crippen LogP contribution in [-0.2, 0) is 0 Å². The molecule has 0 radical (unpaired) electrons. The fourth-order valence-corrected chi connectivity index (χ4v) is 1.02. The molecule has 4 heteroatoms. The Kier molecular flexibility index (Phi) is 2.93. The molecule has 0 fully saturated rings. The number of hydrogen-bond donors (Lipinski definition) is 1. The lowest BCUT2D eigenvalue weighted by Crippen LogP contribution is -2.12. The van der Waals surface area contributed by atoms with Crippen LogP contribution in [0.25, 0.3) is 0 Å². The third-order valence-electron chi connectivity index (χ3n) is 1.69. The van der Waals surface area contributed by atoms with Crippen molar-refractivity contribution in [1.29, 1.82) is 5.26 Å². The van der Waals surface area contributed by atoms with Gasteiger partial charge in [-0.3, -0.25) is 0 Å². The minimum absolute atomic E-state index is 0.0274. The van der Waals surface area contributed by atoms with Gasteiger partial charge in [-0.15, -0.1) is 0 Å². The van der Waals surface area contributed by atoms with Crippen LogP contribution in [0, 0.1) is 23.0 Å². The standard InChI is InChI=1S/C9H8F2N2/c10-7-3-1-2-6(9(7)11)8(13)4-5-12/h1-3,8H,4,13H2/t8-/m0/s1. The van der Waals surface area contributed by atoms with E-state index in [4.69, 9.17) is 11.0 Å². The van der Waals surface area contributed by atoms with Crippen LogP contribution in [0.15, 0.2) is 18.2 Å². The Bertz CT molecular complexity index is 344. The van der Waals surface area contributed by atoms with E-state index < -0.39 is 17.7 Å². The summed E-state index contributed by atoms with van der Waals surface area (Å²) in [6, 6.07) is 4.79. The maximum atomic E-state index is 13.0. The van der Waals surface area contributed by atoms with Gasteiger partial charge in [0.25, 0.3) is 0 Å². The van der Waals surface area contributed by atoms with Crippen molar-refractivity contribution in [3.8, 4) is 6.07 Å². The van der Waals surface area contributed by atoms with Crippen LogP contribution >= 0.6 is 0 Å². The zero-order valence-corrected chi connectivity index (χ0v) is 6.80. The maximum Gasteiger partial charge on any atom is 0.163 e. The monoisotopic (exact) mass is 182 g/mol. The zero-order chi connectivity index (χ0) is 9.84. The van der Waals surface area contributed by atoms with E-state index in [1.165, 1.54) is 12.1 Å². The van der Waals surface area contributed by atoms with Crippen molar-refractivity contribution in [2.45, 2.75) is 12.5 Å². The second-order valence-electron chi connectivity index (χ2n) is 2.61. The average Bonchev–Trinajstić information content (AvgIpc) is 2.10. The molecule has 1 aromatic carbocycles.